The van der Waals surface area contributed by atoms with Crippen molar-refractivity contribution >= 4 is 34.7 Å². The molecule has 0 atom stereocenters. The van der Waals surface area contributed by atoms with E-state index < -0.39 is 11.6 Å². The van der Waals surface area contributed by atoms with Crippen LogP contribution < -0.4 is 10.6 Å². The van der Waals surface area contributed by atoms with Crippen LogP contribution in [0, 0.1) is 11.6 Å². The Bertz CT molecular complexity index is 1600. The van der Waals surface area contributed by atoms with Crippen molar-refractivity contribution in [2.24, 2.45) is 4.99 Å². The number of pyridine rings is 1. The molecule has 0 spiro atoms. The second-order valence-corrected chi connectivity index (χ2v) is 10.0. The van der Waals surface area contributed by atoms with Gasteiger partial charge in [0.25, 0.3) is 5.91 Å². The summed E-state index contributed by atoms with van der Waals surface area (Å²) in [4.78, 5) is 23.6. The third kappa shape index (κ3) is 4.77. The van der Waals surface area contributed by atoms with E-state index in [-0.39, 0.29) is 23.7 Å². The van der Waals surface area contributed by atoms with Gasteiger partial charge in [0.2, 0.25) is 0 Å². The maximum atomic E-state index is 14.8. The average Bonchev–Trinajstić information content (AvgIpc) is 3.05. The fraction of sp³-hybridized carbons (Fsp3) is 0.167. The molecule has 6 rings (SSSR count). The van der Waals surface area contributed by atoms with Gasteiger partial charge in [-0.3, -0.25) is 9.79 Å². The highest BCUT2D eigenvalue weighted by Gasteiger charge is 2.30. The quantitative estimate of drug-likeness (QED) is 0.333. The summed E-state index contributed by atoms with van der Waals surface area (Å²) in [6, 6.07) is 18.5. The summed E-state index contributed by atoms with van der Waals surface area (Å²) in [5, 5.41) is 6.89. The third-order valence-corrected chi connectivity index (χ3v) is 7.34. The van der Waals surface area contributed by atoms with Gasteiger partial charge in [0.15, 0.2) is 0 Å². The van der Waals surface area contributed by atoms with E-state index in [1.54, 1.807) is 30.5 Å². The number of likely N-dealkylation sites (N-methyl/N-ethyl adjacent to an activating group) is 1. The predicted molar refractivity (Wildman–Crippen MR) is 149 cm³/mol. The highest BCUT2D eigenvalue weighted by Crippen LogP contribution is 2.36. The Morgan fingerprint density at radius 3 is 2.44 bits per heavy atom. The molecule has 1 amide bonds. The topological polar surface area (TPSA) is 69.6 Å². The van der Waals surface area contributed by atoms with E-state index in [1.807, 2.05) is 36.2 Å². The first-order valence-electron chi connectivity index (χ1n) is 12.5. The van der Waals surface area contributed by atoms with Gasteiger partial charge in [0.1, 0.15) is 17.5 Å². The molecule has 2 aliphatic rings. The number of halogens is 3. The Balaban J connectivity index is 1.30. The number of rotatable bonds is 5. The zero-order valence-corrected chi connectivity index (χ0v) is 21.8. The molecule has 3 aromatic carbocycles. The van der Waals surface area contributed by atoms with Crippen molar-refractivity contribution in [1.82, 2.24) is 15.2 Å². The molecule has 39 heavy (non-hydrogen) atoms. The standard InChI is InChI=1S/C30H24ClF2N5O/c1-34-21-15-38(16-21)30(39)17-5-8-20(9-6-17)37-27-12-23-18(13-35-27)14-36-29(24-11-19(31)7-10-22(23)24)28-25(32)3-2-4-26(28)33/h2-13,21,34H,14-16H2,1H3,(H,35,37). The number of nitrogens with zero attached hydrogens (tertiary/aromatic N) is 3. The SMILES string of the molecule is CNC1CN(C(=O)c2ccc(Nc3cc4c(cn3)CN=C(c3c(F)cccc3F)c3cc(Cl)ccc3-4)cc2)C1. The molecule has 4 aromatic rings. The van der Waals surface area contributed by atoms with E-state index in [9.17, 15) is 13.6 Å². The van der Waals surface area contributed by atoms with Crippen molar-refractivity contribution in [1.29, 1.82) is 0 Å². The Morgan fingerprint density at radius 1 is 0.974 bits per heavy atom. The van der Waals surface area contributed by atoms with Crippen LogP contribution in [0.15, 0.2) is 77.9 Å². The van der Waals surface area contributed by atoms with Crippen LogP contribution in [-0.2, 0) is 6.54 Å². The van der Waals surface area contributed by atoms with E-state index in [0.29, 0.717) is 41.1 Å². The van der Waals surface area contributed by atoms with E-state index in [4.69, 9.17) is 11.6 Å². The van der Waals surface area contributed by atoms with E-state index >= 15 is 0 Å². The van der Waals surface area contributed by atoms with Crippen LogP contribution in [-0.4, -0.2) is 47.7 Å². The Morgan fingerprint density at radius 2 is 1.72 bits per heavy atom. The molecule has 0 saturated carbocycles. The molecule has 3 heterocycles. The normalized spacial score (nSPS) is 14.6. The van der Waals surface area contributed by atoms with Gasteiger partial charge in [0, 0.05) is 47.2 Å². The number of likely N-dealkylation sites (tertiary alicyclic amines) is 1. The molecule has 0 bridgehead atoms. The van der Waals surface area contributed by atoms with Crippen molar-refractivity contribution < 1.29 is 13.6 Å². The first-order valence-corrected chi connectivity index (χ1v) is 12.9. The molecule has 2 N–H and O–H groups in total. The average molecular weight is 544 g/mol. The summed E-state index contributed by atoms with van der Waals surface area (Å²) in [6.07, 6.45) is 1.71. The van der Waals surface area contributed by atoms with Crippen LogP contribution in [0.2, 0.25) is 5.02 Å². The Labute approximate surface area is 229 Å². The molecule has 6 nitrogen and oxygen atoms in total. The van der Waals surface area contributed by atoms with Crippen molar-refractivity contribution in [3.05, 3.63) is 112 Å². The van der Waals surface area contributed by atoms with Crippen LogP contribution in [0.3, 0.4) is 0 Å². The lowest BCUT2D eigenvalue weighted by Crippen LogP contribution is -2.58. The molecular weight excluding hydrogens is 520 g/mol. The zero-order chi connectivity index (χ0) is 27.1. The summed E-state index contributed by atoms with van der Waals surface area (Å²) in [7, 11) is 1.89. The number of amides is 1. The smallest absolute Gasteiger partial charge is 0.253 e. The first-order chi connectivity index (χ1) is 18.9. The zero-order valence-electron chi connectivity index (χ0n) is 21.0. The van der Waals surface area contributed by atoms with Gasteiger partial charge < -0.3 is 15.5 Å². The van der Waals surface area contributed by atoms with Gasteiger partial charge in [-0.1, -0.05) is 23.7 Å². The number of hydrogen-bond donors (Lipinski definition) is 2. The van der Waals surface area contributed by atoms with Gasteiger partial charge in [-0.15, -0.1) is 0 Å². The second kappa shape index (κ2) is 10.2. The van der Waals surface area contributed by atoms with Crippen LogP contribution in [0.25, 0.3) is 11.1 Å². The Kier molecular flexibility index (Phi) is 6.58. The molecule has 196 valence electrons. The minimum Gasteiger partial charge on any atom is -0.340 e. The lowest BCUT2D eigenvalue weighted by atomic mass is 9.92. The lowest BCUT2D eigenvalue weighted by Gasteiger charge is -2.39. The number of anilines is 2. The van der Waals surface area contributed by atoms with Gasteiger partial charge in [-0.05, 0) is 78.3 Å². The first kappa shape index (κ1) is 25.2. The summed E-state index contributed by atoms with van der Waals surface area (Å²) >= 11 is 6.31. The van der Waals surface area contributed by atoms with Gasteiger partial charge in [0.05, 0.1) is 17.8 Å². The summed E-state index contributed by atoms with van der Waals surface area (Å²) in [5.74, 6) is -0.796. The third-order valence-electron chi connectivity index (χ3n) is 7.10. The number of fused-ring (bicyclic) bond motifs is 3. The fourth-order valence-corrected chi connectivity index (χ4v) is 5.09. The number of aromatic nitrogens is 1. The van der Waals surface area contributed by atoms with E-state index in [1.165, 1.54) is 18.2 Å². The van der Waals surface area contributed by atoms with Crippen LogP contribution in [0.1, 0.15) is 27.0 Å². The molecule has 2 aliphatic heterocycles. The van der Waals surface area contributed by atoms with E-state index in [0.717, 1.165) is 22.4 Å². The van der Waals surface area contributed by atoms with Gasteiger partial charge >= 0.3 is 0 Å². The highest BCUT2D eigenvalue weighted by atomic mass is 35.5. The number of hydrogen-bond acceptors (Lipinski definition) is 5. The van der Waals surface area contributed by atoms with E-state index in [2.05, 4.69) is 20.6 Å². The molecule has 1 saturated heterocycles. The molecule has 0 aliphatic carbocycles. The van der Waals surface area contributed by atoms with Crippen LogP contribution in [0.5, 0.6) is 0 Å². The monoisotopic (exact) mass is 543 g/mol. The number of carbonyl (C=O) groups excluding carboxylic acids is 1. The summed E-state index contributed by atoms with van der Waals surface area (Å²) in [5.41, 5.74) is 4.34. The Hall–Kier alpha value is -4.14. The molecule has 1 aromatic heterocycles. The maximum Gasteiger partial charge on any atom is 0.253 e. The lowest BCUT2D eigenvalue weighted by molar-refractivity contribution is 0.0577. The van der Waals surface area contributed by atoms with Gasteiger partial charge in [-0.25, -0.2) is 13.8 Å². The van der Waals surface area contributed by atoms with Crippen molar-refractivity contribution in [3.63, 3.8) is 0 Å². The van der Waals surface area contributed by atoms with Crippen LogP contribution in [0.4, 0.5) is 20.3 Å². The molecule has 1 fully saturated rings. The number of carbonyl (C=O) groups is 1. The predicted octanol–water partition coefficient (Wildman–Crippen LogP) is 5.82. The minimum absolute atomic E-state index is 0.00793. The molecule has 0 unspecified atom stereocenters. The number of aliphatic imine (C=N–C) groups is 1. The van der Waals surface area contributed by atoms with Crippen LogP contribution >= 0.6 is 11.6 Å². The second-order valence-electron chi connectivity index (χ2n) is 9.58. The fourth-order valence-electron chi connectivity index (χ4n) is 4.92. The van der Waals surface area contributed by atoms with Crippen molar-refractivity contribution in [2.75, 3.05) is 25.5 Å². The highest BCUT2D eigenvalue weighted by molar-refractivity contribution is 6.31. The molecule has 0 radical (unpaired) electrons. The largest absolute Gasteiger partial charge is 0.340 e. The molecular formula is C30H24ClF2N5O. The van der Waals surface area contributed by atoms with Crippen molar-refractivity contribution in [3.8, 4) is 11.1 Å². The number of benzene rings is 3. The summed E-state index contributed by atoms with van der Waals surface area (Å²) in [6.45, 7) is 1.60. The number of nitrogens with one attached hydrogen (secondary N) is 2. The van der Waals surface area contributed by atoms with Crippen molar-refractivity contribution in [2.45, 2.75) is 12.6 Å². The summed E-state index contributed by atoms with van der Waals surface area (Å²) < 4.78 is 29.5. The minimum atomic E-state index is -0.691. The maximum absolute atomic E-state index is 14.8. The molecule has 9 heteroatoms. The van der Waals surface area contributed by atoms with Gasteiger partial charge in [-0.2, -0.15) is 0 Å².